The van der Waals surface area contributed by atoms with Gasteiger partial charge >= 0.3 is 11.9 Å². The number of nitrogen functional groups attached to an aromatic ring is 1. The van der Waals surface area contributed by atoms with Crippen LogP contribution in [-0.4, -0.2) is 23.1 Å². The molecule has 0 bridgehead atoms. The van der Waals surface area contributed by atoms with Crippen LogP contribution in [0.3, 0.4) is 0 Å². The molecule has 0 aliphatic rings. The summed E-state index contributed by atoms with van der Waals surface area (Å²) in [7, 11) is 0. The highest BCUT2D eigenvalue weighted by Crippen LogP contribution is 2.28. The maximum absolute atomic E-state index is 12.2. The van der Waals surface area contributed by atoms with Crippen molar-refractivity contribution in [2.75, 3.05) is 5.73 Å². The van der Waals surface area contributed by atoms with E-state index in [-0.39, 0.29) is 16.8 Å². The van der Waals surface area contributed by atoms with E-state index in [9.17, 15) is 9.59 Å². The van der Waals surface area contributed by atoms with E-state index >= 15 is 0 Å². The lowest BCUT2D eigenvalue weighted by Crippen LogP contribution is -2.26. The van der Waals surface area contributed by atoms with E-state index in [0.717, 1.165) is 0 Å². The lowest BCUT2D eigenvalue weighted by Gasteiger charge is -2.22. The Morgan fingerprint density at radius 3 is 1.82 bits per heavy atom. The van der Waals surface area contributed by atoms with Crippen molar-refractivity contribution >= 4 is 33.6 Å². The summed E-state index contributed by atoms with van der Waals surface area (Å²) in [6, 6.07) is 2.92. The Kier molecular flexibility index (Phi) is 5.28. The highest BCUT2D eigenvalue weighted by Gasteiger charge is 2.25. The Hall–Kier alpha value is -1.56. The van der Waals surface area contributed by atoms with Crippen LogP contribution in [0.15, 0.2) is 16.6 Å². The number of halogens is 1. The van der Waals surface area contributed by atoms with Crippen molar-refractivity contribution in [3.63, 3.8) is 0 Å². The molecular weight excluding hydrogens is 350 g/mol. The largest absolute Gasteiger partial charge is 0.456 e. The molecule has 0 saturated carbocycles. The first-order chi connectivity index (χ1) is 9.80. The molecule has 2 N–H and O–H groups in total. The fourth-order valence-electron chi connectivity index (χ4n) is 1.63. The molecule has 0 aliphatic heterocycles. The third kappa shape index (κ3) is 5.33. The highest BCUT2D eigenvalue weighted by atomic mass is 79.9. The van der Waals surface area contributed by atoms with E-state index in [2.05, 4.69) is 15.9 Å². The van der Waals surface area contributed by atoms with Crippen LogP contribution in [0, 0.1) is 0 Å². The van der Waals surface area contributed by atoms with Gasteiger partial charge in [0.25, 0.3) is 0 Å². The quantitative estimate of drug-likeness (QED) is 0.628. The molecule has 0 amide bonds. The van der Waals surface area contributed by atoms with Gasteiger partial charge < -0.3 is 15.2 Å². The van der Waals surface area contributed by atoms with Gasteiger partial charge in [0.2, 0.25) is 0 Å². The maximum Gasteiger partial charge on any atom is 0.341 e. The first kappa shape index (κ1) is 18.5. The molecule has 122 valence electrons. The summed E-state index contributed by atoms with van der Waals surface area (Å²) >= 11 is 3.27. The first-order valence-electron chi connectivity index (χ1n) is 6.86. The van der Waals surface area contributed by atoms with Crippen molar-refractivity contribution in [3.8, 4) is 0 Å². The van der Waals surface area contributed by atoms with Gasteiger partial charge in [0.15, 0.2) is 0 Å². The van der Waals surface area contributed by atoms with Gasteiger partial charge in [-0.1, -0.05) is 0 Å². The van der Waals surface area contributed by atoms with Gasteiger partial charge in [0.1, 0.15) is 11.2 Å². The minimum absolute atomic E-state index is 0.157. The van der Waals surface area contributed by atoms with Crippen molar-refractivity contribution in [1.82, 2.24) is 0 Å². The molecule has 5 nitrogen and oxygen atoms in total. The topological polar surface area (TPSA) is 78.6 Å². The van der Waals surface area contributed by atoms with Gasteiger partial charge in [-0.05, 0) is 69.6 Å². The number of benzene rings is 1. The molecule has 0 aliphatic carbocycles. The average molecular weight is 372 g/mol. The smallest absolute Gasteiger partial charge is 0.341 e. The Balaban J connectivity index is 3.13. The predicted octanol–water partition coefficient (Wildman–Crippen LogP) is 3.94. The van der Waals surface area contributed by atoms with Crippen molar-refractivity contribution in [3.05, 3.63) is 27.7 Å². The van der Waals surface area contributed by atoms with Crippen LogP contribution < -0.4 is 5.73 Å². The summed E-state index contributed by atoms with van der Waals surface area (Å²) in [5, 5.41) is 0. The highest BCUT2D eigenvalue weighted by molar-refractivity contribution is 9.10. The van der Waals surface area contributed by atoms with Gasteiger partial charge in [-0.15, -0.1) is 0 Å². The van der Waals surface area contributed by atoms with E-state index < -0.39 is 23.1 Å². The van der Waals surface area contributed by atoms with E-state index in [1.54, 1.807) is 41.5 Å². The van der Waals surface area contributed by atoms with E-state index in [1.165, 1.54) is 12.1 Å². The minimum atomic E-state index is -0.632. The molecule has 0 saturated heterocycles. The van der Waals surface area contributed by atoms with Crippen LogP contribution in [-0.2, 0) is 9.47 Å². The van der Waals surface area contributed by atoms with Crippen LogP contribution in [0.25, 0.3) is 0 Å². The number of hydrogen-bond donors (Lipinski definition) is 1. The van der Waals surface area contributed by atoms with Gasteiger partial charge in [-0.3, -0.25) is 0 Å². The molecule has 0 heterocycles. The van der Waals surface area contributed by atoms with Crippen LogP contribution in [0.2, 0.25) is 0 Å². The summed E-state index contributed by atoms with van der Waals surface area (Å²) in [6.45, 7) is 10.6. The van der Waals surface area contributed by atoms with Crippen LogP contribution in [0.4, 0.5) is 5.69 Å². The van der Waals surface area contributed by atoms with Gasteiger partial charge in [-0.25, -0.2) is 9.59 Å². The summed E-state index contributed by atoms with van der Waals surface area (Å²) in [5.41, 5.74) is 5.29. The number of hydrogen-bond acceptors (Lipinski definition) is 5. The molecule has 1 rings (SSSR count). The van der Waals surface area contributed by atoms with Crippen molar-refractivity contribution < 1.29 is 19.1 Å². The summed E-state index contributed by atoms with van der Waals surface area (Å²) in [4.78, 5) is 24.2. The Morgan fingerprint density at radius 2 is 1.41 bits per heavy atom. The zero-order valence-electron chi connectivity index (χ0n) is 13.7. The summed E-state index contributed by atoms with van der Waals surface area (Å²) in [6.07, 6.45) is 0. The number of ether oxygens (including phenoxy) is 2. The SMILES string of the molecule is CC(C)(C)OC(=O)c1cc(N)c(C(=O)OC(C)(C)C)c(Br)c1. The Bertz CT molecular complexity index is 574. The molecule has 1 aromatic rings. The monoisotopic (exact) mass is 371 g/mol. The van der Waals surface area contributed by atoms with Crippen molar-refractivity contribution in [2.24, 2.45) is 0 Å². The maximum atomic E-state index is 12.2. The number of rotatable bonds is 2. The molecular formula is C16H22BrNO4. The molecule has 0 radical (unpaired) electrons. The van der Waals surface area contributed by atoms with Gasteiger partial charge in [0, 0.05) is 10.2 Å². The molecule has 22 heavy (non-hydrogen) atoms. The fraction of sp³-hybridized carbons (Fsp3) is 0.500. The number of carbonyl (C=O) groups is 2. The predicted molar refractivity (Wildman–Crippen MR) is 88.9 cm³/mol. The van der Waals surface area contributed by atoms with Crippen LogP contribution >= 0.6 is 15.9 Å². The van der Waals surface area contributed by atoms with E-state index in [1.807, 2.05) is 0 Å². The Labute approximate surface area is 139 Å². The van der Waals surface area contributed by atoms with Crippen molar-refractivity contribution in [2.45, 2.75) is 52.7 Å². The Morgan fingerprint density at radius 1 is 0.955 bits per heavy atom. The second-order valence-corrected chi connectivity index (χ2v) is 7.78. The third-order valence-electron chi connectivity index (χ3n) is 2.36. The van der Waals surface area contributed by atoms with E-state index in [4.69, 9.17) is 15.2 Å². The lowest BCUT2D eigenvalue weighted by atomic mass is 10.1. The minimum Gasteiger partial charge on any atom is -0.456 e. The number of anilines is 1. The van der Waals surface area contributed by atoms with Gasteiger partial charge in [-0.2, -0.15) is 0 Å². The molecule has 0 atom stereocenters. The van der Waals surface area contributed by atoms with Crippen LogP contribution in [0.5, 0.6) is 0 Å². The average Bonchev–Trinajstić information content (AvgIpc) is 2.22. The normalized spacial score (nSPS) is 12.0. The molecule has 0 aromatic heterocycles. The number of carbonyl (C=O) groups excluding carboxylic acids is 2. The number of esters is 2. The second-order valence-electron chi connectivity index (χ2n) is 6.93. The molecule has 0 unspecified atom stereocenters. The third-order valence-corrected chi connectivity index (χ3v) is 2.98. The standard InChI is InChI=1S/C16H22BrNO4/c1-15(2,3)21-13(19)9-7-10(17)12(11(18)8-9)14(20)22-16(4,5)6/h7-8H,18H2,1-6H3. The number of nitrogens with two attached hydrogens (primary N) is 1. The molecule has 6 heteroatoms. The molecule has 0 spiro atoms. The fourth-order valence-corrected chi connectivity index (χ4v) is 2.26. The summed E-state index contributed by atoms with van der Waals surface area (Å²) < 4.78 is 11.0. The summed E-state index contributed by atoms with van der Waals surface area (Å²) in [5.74, 6) is -1.05. The van der Waals surface area contributed by atoms with Crippen molar-refractivity contribution in [1.29, 1.82) is 0 Å². The second kappa shape index (κ2) is 6.28. The zero-order valence-corrected chi connectivity index (χ0v) is 15.3. The molecule has 1 aromatic carbocycles. The first-order valence-corrected chi connectivity index (χ1v) is 7.65. The zero-order chi connectivity index (χ0) is 17.3. The van der Waals surface area contributed by atoms with E-state index in [0.29, 0.717) is 4.47 Å². The van der Waals surface area contributed by atoms with Gasteiger partial charge in [0.05, 0.1) is 11.1 Å². The van der Waals surface area contributed by atoms with Crippen LogP contribution in [0.1, 0.15) is 62.3 Å². The lowest BCUT2D eigenvalue weighted by molar-refractivity contribution is 0.00519. The molecule has 0 fully saturated rings.